The van der Waals surface area contributed by atoms with Gasteiger partial charge in [0.25, 0.3) is 0 Å². The van der Waals surface area contributed by atoms with E-state index in [1.165, 1.54) is 12.1 Å². The molecule has 0 radical (unpaired) electrons. The topological polar surface area (TPSA) is 64.8 Å². The highest BCUT2D eigenvalue weighted by atomic mass is 35.5. The van der Waals surface area contributed by atoms with Crippen LogP contribution in [0.5, 0.6) is 11.5 Å². The van der Waals surface area contributed by atoms with Crippen molar-refractivity contribution in [2.24, 2.45) is 11.7 Å². The number of ether oxygens (including phenoxy) is 2. The Kier molecular flexibility index (Phi) is 8.84. The molecule has 2 N–H and O–H groups in total. The molecule has 2 atom stereocenters. The third-order valence-electron chi connectivity index (χ3n) is 6.63. The molecule has 0 amide bonds. The number of carbonyl (C=O) groups is 1. The number of hydrogen-bond acceptors (Lipinski definition) is 5. The van der Waals surface area contributed by atoms with Crippen molar-refractivity contribution in [1.82, 2.24) is 0 Å². The number of halogens is 4. The second-order valence-electron chi connectivity index (χ2n) is 9.41. The molecule has 0 aliphatic carbocycles. The number of nitrogens with two attached hydrogens (primary N) is 1. The minimum atomic E-state index is -4.40. The van der Waals surface area contributed by atoms with Crippen molar-refractivity contribution in [1.29, 1.82) is 0 Å². The molecule has 1 aliphatic rings. The molecule has 0 fully saturated rings. The quantitative estimate of drug-likeness (QED) is 0.241. The van der Waals surface area contributed by atoms with Crippen molar-refractivity contribution < 1.29 is 27.4 Å². The second-order valence-corrected chi connectivity index (χ2v) is 9.81. The summed E-state index contributed by atoms with van der Waals surface area (Å²) in [5, 5.41) is 0.552. The average molecular weight is 547 g/mol. The van der Waals surface area contributed by atoms with E-state index in [1.54, 1.807) is 0 Å². The van der Waals surface area contributed by atoms with Crippen LogP contribution in [-0.2, 0) is 23.8 Å². The highest BCUT2D eigenvalue weighted by Crippen LogP contribution is 2.36. The first-order valence-corrected chi connectivity index (χ1v) is 12.8. The van der Waals surface area contributed by atoms with E-state index in [9.17, 15) is 18.0 Å². The van der Waals surface area contributed by atoms with E-state index < -0.39 is 23.8 Å². The number of hydrogen-bond donors (Lipinski definition) is 1. The normalized spacial score (nSPS) is 14.9. The molecule has 1 aliphatic heterocycles. The fourth-order valence-corrected chi connectivity index (χ4v) is 4.91. The fourth-order valence-electron chi connectivity index (χ4n) is 4.62. The molecule has 9 heteroatoms. The third kappa shape index (κ3) is 6.79. The van der Waals surface area contributed by atoms with Gasteiger partial charge < -0.3 is 24.9 Å². The molecular formula is C29H30ClF3N2O3. The van der Waals surface area contributed by atoms with E-state index in [2.05, 4.69) is 0 Å². The Balaban J connectivity index is 1.33. The lowest BCUT2D eigenvalue weighted by Gasteiger charge is -2.38. The molecule has 5 nitrogen and oxygen atoms in total. The van der Waals surface area contributed by atoms with Gasteiger partial charge in [-0.2, -0.15) is 13.2 Å². The number of aldehydes is 1. The van der Waals surface area contributed by atoms with E-state index in [-0.39, 0.29) is 0 Å². The molecule has 0 saturated heterocycles. The van der Waals surface area contributed by atoms with Crippen molar-refractivity contribution >= 4 is 23.6 Å². The predicted molar refractivity (Wildman–Crippen MR) is 142 cm³/mol. The molecule has 0 spiro atoms. The van der Waals surface area contributed by atoms with Crippen LogP contribution in [-0.4, -0.2) is 32.2 Å². The van der Waals surface area contributed by atoms with E-state index in [4.69, 9.17) is 26.8 Å². The predicted octanol–water partition coefficient (Wildman–Crippen LogP) is 6.22. The van der Waals surface area contributed by atoms with Gasteiger partial charge in [0.2, 0.25) is 0 Å². The zero-order chi connectivity index (χ0) is 27.3. The van der Waals surface area contributed by atoms with E-state index in [0.29, 0.717) is 66.8 Å². The summed E-state index contributed by atoms with van der Waals surface area (Å²) in [5.74, 6) is 0.719. The number of fused-ring (bicyclic) bond motifs is 1. The number of nitrogens with zero attached hydrogens (tertiary/aromatic N) is 1. The Morgan fingerprint density at radius 1 is 1.05 bits per heavy atom. The number of carbonyl (C=O) groups excluding carboxylic acids is 1. The Labute approximate surface area is 225 Å². The summed E-state index contributed by atoms with van der Waals surface area (Å²) in [5.41, 5.74) is 9.02. The lowest BCUT2D eigenvalue weighted by molar-refractivity contribution is -0.137. The lowest BCUT2D eigenvalue weighted by Crippen LogP contribution is -2.50. The number of aryl methyl sites for hydroxylation is 2. The highest BCUT2D eigenvalue weighted by Gasteiger charge is 2.33. The van der Waals surface area contributed by atoms with Crippen LogP contribution in [0.4, 0.5) is 18.9 Å². The SMILES string of the molecule is Cc1ccc(OCCOc2ccc(CC(C=O)C(N)N3CCCc4cc(C(F)(F)F)ccc43)cc2)c(Cl)c1. The van der Waals surface area contributed by atoms with Gasteiger partial charge >= 0.3 is 6.18 Å². The number of alkyl halides is 3. The second kappa shape index (κ2) is 12.1. The van der Waals surface area contributed by atoms with Crippen molar-refractivity contribution in [2.75, 3.05) is 24.7 Å². The monoisotopic (exact) mass is 546 g/mol. The van der Waals surface area contributed by atoms with Gasteiger partial charge in [0, 0.05) is 12.2 Å². The van der Waals surface area contributed by atoms with Gasteiger partial charge in [0.15, 0.2) is 0 Å². The first-order chi connectivity index (χ1) is 18.2. The van der Waals surface area contributed by atoms with Crippen LogP contribution in [0.25, 0.3) is 0 Å². The van der Waals surface area contributed by atoms with Gasteiger partial charge in [-0.3, -0.25) is 0 Å². The average Bonchev–Trinajstić information content (AvgIpc) is 2.90. The summed E-state index contributed by atoms with van der Waals surface area (Å²) in [7, 11) is 0. The molecule has 4 rings (SSSR count). The van der Waals surface area contributed by atoms with Gasteiger partial charge in [-0.05, 0) is 85.3 Å². The maximum atomic E-state index is 13.1. The zero-order valence-corrected chi connectivity index (χ0v) is 21.8. The molecule has 202 valence electrons. The highest BCUT2D eigenvalue weighted by molar-refractivity contribution is 6.32. The van der Waals surface area contributed by atoms with Crippen molar-refractivity contribution in [2.45, 2.75) is 38.5 Å². The molecule has 0 aromatic heterocycles. The molecule has 0 saturated carbocycles. The van der Waals surface area contributed by atoms with Gasteiger partial charge in [-0.1, -0.05) is 29.8 Å². The molecule has 2 unspecified atom stereocenters. The standard InChI is InChI=1S/C29H30ClF3N2O3/c1-19-4-11-27(25(30)15-19)38-14-13-37-24-8-5-20(6-9-24)16-22(18-36)28(34)35-12-2-3-21-17-23(29(31,32)33)7-10-26(21)35/h4-11,15,17-18,22,28H,2-3,12-14,16,34H2,1H3. The maximum Gasteiger partial charge on any atom is 0.416 e. The summed E-state index contributed by atoms with van der Waals surface area (Å²) in [6, 6.07) is 16.7. The van der Waals surface area contributed by atoms with E-state index in [1.807, 2.05) is 54.3 Å². The summed E-state index contributed by atoms with van der Waals surface area (Å²) in [6.07, 6.45) is -2.64. The minimum absolute atomic E-state index is 0.328. The summed E-state index contributed by atoms with van der Waals surface area (Å²) in [4.78, 5) is 13.8. The molecular weight excluding hydrogens is 517 g/mol. The first-order valence-electron chi connectivity index (χ1n) is 12.4. The fraction of sp³-hybridized carbons (Fsp3) is 0.345. The maximum absolute atomic E-state index is 13.1. The minimum Gasteiger partial charge on any atom is -0.490 e. The first kappa shape index (κ1) is 27.8. The molecule has 38 heavy (non-hydrogen) atoms. The largest absolute Gasteiger partial charge is 0.490 e. The van der Waals surface area contributed by atoms with Gasteiger partial charge in [-0.15, -0.1) is 0 Å². The number of rotatable bonds is 10. The molecule has 0 bridgehead atoms. The van der Waals surface area contributed by atoms with Crippen LogP contribution in [0.1, 0.15) is 28.7 Å². The number of anilines is 1. The zero-order valence-electron chi connectivity index (χ0n) is 21.0. The van der Waals surface area contributed by atoms with Crippen molar-refractivity contribution in [3.63, 3.8) is 0 Å². The third-order valence-corrected chi connectivity index (χ3v) is 6.92. The van der Waals surface area contributed by atoms with Crippen molar-refractivity contribution in [3.8, 4) is 11.5 Å². The van der Waals surface area contributed by atoms with Crippen LogP contribution in [0.15, 0.2) is 60.7 Å². The van der Waals surface area contributed by atoms with Crippen LogP contribution < -0.4 is 20.1 Å². The Morgan fingerprint density at radius 2 is 1.79 bits per heavy atom. The van der Waals surface area contributed by atoms with Gasteiger partial charge in [-0.25, -0.2) is 0 Å². The summed E-state index contributed by atoms with van der Waals surface area (Å²) in [6.45, 7) is 3.19. The Hall–Kier alpha value is -3.23. The van der Waals surface area contributed by atoms with Crippen LogP contribution >= 0.6 is 11.6 Å². The number of benzene rings is 3. The molecule has 3 aromatic rings. The van der Waals surface area contributed by atoms with Crippen molar-refractivity contribution in [3.05, 3.63) is 87.9 Å². The van der Waals surface area contributed by atoms with Crippen LogP contribution in [0.2, 0.25) is 5.02 Å². The molecule has 1 heterocycles. The van der Waals surface area contributed by atoms with E-state index in [0.717, 1.165) is 23.5 Å². The van der Waals surface area contributed by atoms with Gasteiger partial charge in [0.1, 0.15) is 31.0 Å². The van der Waals surface area contributed by atoms with E-state index >= 15 is 0 Å². The summed E-state index contributed by atoms with van der Waals surface area (Å²) >= 11 is 6.17. The summed E-state index contributed by atoms with van der Waals surface area (Å²) < 4.78 is 50.8. The van der Waals surface area contributed by atoms with Crippen LogP contribution in [0, 0.1) is 12.8 Å². The van der Waals surface area contributed by atoms with Crippen LogP contribution in [0.3, 0.4) is 0 Å². The van der Waals surface area contributed by atoms with Gasteiger partial charge in [0.05, 0.1) is 22.7 Å². The molecule has 3 aromatic carbocycles. The Bertz CT molecular complexity index is 1250. The smallest absolute Gasteiger partial charge is 0.416 e. The lowest BCUT2D eigenvalue weighted by atomic mass is 9.93. The Morgan fingerprint density at radius 3 is 2.47 bits per heavy atom.